The molecule has 1 unspecified atom stereocenters. The standard InChI is InChI=1S/C17H19BrO/c1-12-6-5-7-13(2)16(12)11-15(19)10-14-8-3-4-9-17(14)18/h3-9,15,19H,10-11H2,1-2H3. The minimum Gasteiger partial charge on any atom is -0.392 e. The molecular formula is C17H19BrO. The average molecular weight is 319 g/mol. The van der Waals surface area contributed by atoms with Crippen molar-refractivity contribution in [3.8, 4) is 0 Å². The lowest BCUT2D eigenvalue weighted by Gasteiger charge is -2.15. The quantitative estimate of drug-likeness (QED) is 0.895. The summed E-state index contributed by atoms with van der Waals surface area (Å²) >= 11 is 3.53. The molecular weight excluding hydrogens is 300 g/mol. The summed E-state index contributed by atoms with van der Waals surface area (Å²) < 4.78 is 1.07. The Balaban J connectivity index is 2.10. The van der Waals surface area contributed by atoms with Crippen LogP contribution in [-0.2, 0) is 12.8 Å². The predicted molar refractivity (Wildman–Crippen MR) is 83.5 cm³/mol. The number of aliphatic hydroxyl groups excluding tert-OH is 1. The first-order valence-electron chi connectivity index (χ1n) is 6.54. The molecule has 1 atom stereocenters. The normalized spacial score (nSPS) is 12.4. The maximum absolute atomic E-state index is 10.3. The Bertz CT molecular complexity index is 543. The maximum atomic E-state index is 10.3. The van der Waals surface area contributed by atoms with Gasteiger partial charge < -0.3 is 5.11 Å². The Morgan fingerprint density at radius 1 is 0.947 bits per heavy atom. The van der Waals surface area contributed by atoms with E-state index in [0.717, 1.165) is 10.0 Å². The summed E-state index contributed by atoms with van der Waals surface area (Å²) in [6.45, 7) is 4.21. The van der Waals surface area contributed by atoms with E-state index in [1.807, 2.05) is 18.2 Å². The molecule has 0 aliphatic carbocycles. The van der Waals surface area contributed by atoms with Crippen LogP contribution in [0.3, 0.4) is 0 Å². The second-order valence-corrected chi connectivity index (χ2v) is 5.88. The van der Waals surface area contributed by atoms with Gasteiger partial charge in [0, 0.05) is 4.47 Å². The molecule has 0 saturated heterocycles. The van der Waals surface area contributed by atoms with Gasteiger partial charge in [-0.1, -0.05) is 52.3 Å². The summed E-state index contributed by atoms with van der Waals surface area (Å²) in [5.74, 6) is 0. The lowest BCUT2D eigenvalue weighted by Crippen LogP contribution is -2.15. The van der Waals surface area contributed by atoms with Gasteiger partial charge in [0.15, 0.2) is 0 Å². The first kappa shape index (κ1) is 14.3. The van der Waals surface area contributed by atoms with Crippen molar-refractivity contribution in [2.24, 2.45) is 0 Å². The maximum Gasteiger partial charge on any atom is 0.0621 e. The number of aliphatic hydroxyl groups is 1. The Morgan fingerprint density at radius 3 is 2.21 bits per heavy atom. The van der Waals surface area contributed by atoms with E-state index >= 15 is 0 Å². The van der Waals surface area contributed by atoms with Crippen molar-refractivity contribution in [1.82, 2.24) is 0 Å². The molecule has 19 heavy (non-hydrogen) atoms. The number of benzene rings is 2. The summed E-state index contributed by atoms with van der Waals surface area (Å²) in [6, 6.07) is 14.3. The molecule has 2 aromatic carbocycles. The first-order chi connectivity index (χ1) is 9.08. The topological polar surface area (TPSA) is 20.2 Å². The van der Waals surface area contributed by atoms with Gasteiger partial charge in [-0.2, -0.15) is 0 Å². The number of aryl methyl sites for hydroxylation is 2. The summed E-state index contributed by atoms with van der Waals surface area (Å²) in [6.07, 6.45) is 1.04. The van der Waals surface area contributed by atoms with Gasteiger partial charge in [0.2, 0.25) is 0 Å². The number of halogens is 1. The molecule has 0 bridgehead atoms. The Hall–Kier alpha value is -1.12. The molecule has 0 heterocycles. The molecule has 0 amide bonds. The lowest BCUT2D eigenvalue weighted by atomic mass is 9.95. The van der Waals surface area contributed by atoms with Crippen molar-refractivity contribution in [3.63, 3.8) is 0 Å². The van der Waals surface area contributed by atoms with Crippen LogP contribution >= 0.6 is 15.9 Å². The molecule has 0 aliphatic heterocycles. The van der Waals surface area contributed by atoms with Crippen molar-refractivity contribution in [3.05, 3.63) is 69.2 Å². The van der Waals surface area contributed by atoms with Crippen molar-refractivity contribution >= 4 is 15.9 Å². The zero-order valence-electron chi connectivity index (χ0n) is 11.4. The van der Waals surface area contributed by atoms with E-state index in [4.69, 9.17) is 0 Å². The molecule has 2 rings (SSSR count). The van der Waals surface area contributed by atoms with Gasteiger partial charge in [-0.05, 0) is 55.0 Å². The van der Waals surface area contributed by atoms with Crippen molar-refractivity contribution < 1.29 is 5.11 Å². The SMILES string of the molecule is Cc1cccc(C)c1CC(O)Cc1ccccc1Br. The van der Waals surface area contributed by atoms with Gasteiger partial charge >= 0.3 is 0 Å². The third kappa shape index (κ3) is 3.68. The first-order valence-corrected chi connectivity index (χ1v) is 7.34. The second-order valence-electron chi connectivity index (χ2n) is 5.02. The van der Waals surface area contributed by atoms with Gasteiger partial charge in [0.1, 0.15) is 0 Å². The van der Waals surface area contributed by atoms with Gasteiger partial charge in [-0.25, -0.2) is 0 Å². The number of hydrogen-bond donors (Lipinski definition) is 1. The van der Waals surface area contributed by atoms with Crippen LogP contribution in [0.5, 0.6) is 0 Å². The summed E-state index contributed by atoms with van der Waals surface area (Å²) in [4.78, 5) is 0. The van der Waals surface area contributed by atoms with E-state index in [2.05, 4.69) is 54.0 Å². The third-order valence-corrected chi connectivity index (χ3v) is 4.27. The molecule has 0 fully saturated rings. The van der Waals surface area contributed by atoms with Gasteiger partial charge in [0.25, 0.3) is 0 Å². The van der Waals surface area contributed by atoms with Crippen molar-refractivity contribution in [2.75, 3.05) is 0 Å². The Morgan fingerprint density at radius 2 is 1.58 bits per heavy atom. The average Bonchev–Trinajstić information content (AvgIpc) is 2.37. The fourth-order valence-electron chi connectivity index (χ4n) is 2.40. The van der Waals surface area contributed by atoms with Crippen LogP contribution in [0.2, 0.25) is 0 Å². The molecule has 0 aromatic heterocycles. The van der Waals surface area contributed by atoms with Crippen LogP contribution < -0.4 is 0 Å². The molecule has 2 aromatic rings. The highest BCUT2D eigenvalue weighted by Gasteiger charge is 2.11. The third-order valence-electron chi connectivity index (χ3n) is 3.50. The highest BCUT2D eigenvalue weighted by molar-refractivity contribution is 9.10. The molecule has 0 spiro atoms. The summed E-state index contributed by atoms with van der Waals surface area (Å²) in [5.41, 5.74) is 4.93. The predicted octanol–water partition coefficient (Wildman–Crippen LogP) is 4.21. The lowest BCUT2D eigenvalue weighted by molar-refractivity contribution is 0.175. The zero-order chi connectivity index (χ0) is 13.8. The summed E-state index contributed by atoms with van der Waals surface area (Å²) in [5, 5.41) is 10.3. The highest BCUT2D eigenvalue weighted by atomic mass is 79.9. The molecule has 0 aliphatic rings. The van der Waals surface area contributed by atoms with Crippen LogP contribution in [0.4, 0.5) is 0 Å². The molecule has 100 valence electrons. The molecule has 1 N–H and O–H groups in total. The van der Waals surface area contributed by atoms with Crippen LogP contribution in [-0.4, -0.2) is 11.2 Å². The van der Waals surface area contributed by atoms with Crippen LogP contribution in [0, 0.1) is 13.8 Å². The van der Waals surface area contributed by atoms with E-state index in [0.29, 0.717) is 12.8 Å². The molecule has 0 radical (unpaired) electrons. The number of hydrogen-bond acceptors (Lipinski definition) is 1. The minimum absolute atomic E-state index is 0.349. The van der Waals surface area contributed by atoms with E-state index in [9.17, 15) is 5.11 Å². The van der Waals surface area contributed by atoms with E-state index in [-0.39, 0.29) is 6.10 Å². The molecule has 0 saturated carbocycles. The van der Waals surface area contributed by atoms with E-state index < -0.39 is 0 Å². The Labute approximate surface area is 123 Å². The van der Waals surface area contributed by atoms with Crippen LogP contribution in [0.1, 0.15) is 22.3 Å². The van der Waals surface area contributed by atoms with Crippen molar-refractivity contribution in [2.45, 2.75) is 32.8 Å². The van der Waals surface area contributed by atoms with Gasteiger partial charge in [0.05, 0.1) is 6.10 Å². The van der Waals surface area contributed by atoms with Crippen molar-refractivity contribution in [1.29, 1.82) is 0 Å². The minimum atomic E-state index is -0.349. The van der Waals surface area contributed by atoms with Gasteiger partial charge in [-0.15, -0.1) is 0 Å². The van der Waals surface area contributed by atoms with E-state index in [1.54, 1.807) is 0 Å². The molecule has 1 nitrogen and oxygen atoms in total. The van der Waals surface area contributed by atoms with Crippen LogP contribution in [0.25, 0.3) is 0 Å². The second kappa shape index (κ2) is 6.36. The smallest absolute Gasteiger partial charge is 0.0621 e. The fourth-order valence-corrected chi connectivity index (χ4v) is 2.84. The summed E-state index contributed by atoms with van der Waals surface area (Å²) in [7, 11) is 0. The van der Waals surface area contributed by atoms with Crippen LogP contribution in [0.15, 0.2) is 46.9 Å². The van der Waals surface area contributed by atoms with E-state index in [1.165, 1.54) is 16.7 Å². The highest BCUT2D eigenvalue weighted by Crippen LogP contribution is 2.20. The monoisotopic (exact) mass is 318 g/mol. The largest absolute Gasteiger partial charge is 0.392 e. The zero-order valence-corrected chi connectivity index (χ0v) is 12.9. The molecule has 2 heteroatoms. The number of rotatable bonds is 4. The Kier molecular flexibility index (Phi) is 4.78. The van der Waals surface area contributed by atoms with Gasteiger partial charge in [-0.3, -0.25) is 0 Å². The fraction of sp³-hybridized carbons (Fsp3) is 0.294.